The molecule has 0 saturated carbocycles. The SMILES string of the molecule is C[C@H](CCc1ccccc1)NC(=O)CCCC(=O)O. The fraction of sp³-hybridized carbons (Fsp3) is 0.467. The van der Waals surface area contributed by atoms with E-state index >= 15 is 0 Å². The monoisotopic (exact) mass is 263 g/mol. The van der Waals surface area contributed by atoms with Crippen LogP contribution in [0.3, 0.4) is 0 Å². The third-order valence-electron chi connectivity index (χ3n) is 2.91. The van der Waals surface area contributed by atoms with Crippen LogP contribution in [0.4, 0.5) is 0 Å². The van der Waals surface area contributed by atoms with Gasteiger partial charge in [-0.15, -0.1) is 0 Å². The highest BCUT2D eigenvalue weighted by molar-refractivity contribution is 5.77. The summed E-state index contributed by atoms with van der Waals surface area (Å²) in [4.78, 5) is 21.9. The van der Waals surface area contributed by atoms with E-state index in [1.807, 2.05) is 25.1 Å². The summed E-state index contributed by atoms with van der Waals surface area (Å²) in [6, 6.07) is 10.2. The van der Waals surface area contributed by atoms with Crippen LogP contribution in [0, 0.1) is 0 Å². The lowest BCUT2D eigenvalue weighted by atomic mass is 10.1. The lowest BCUT2D eigenvalue weighted by molar-refractivity contribution is -0.137. The first-order valence-electron chi connectivity index (χ1n) is 6.63. The van der Waals surface area contributed by atoms with Gasteiger partial charge in [0, 0.05) is 18.9 Å². The van der Waals surface area contributed by atoms with Crippen molar-refractivity contribution in [2.45, 2.75) is 45.1 Å². The Labute approximate surface area is 113 Å². The molecule has 1 rings (SSSR count). The van der Waals surface area contributed by atoms with E-state index in [1.165, 1.54) is 5.56 Å². The van der Waals surface area contributed by atoms with Gasteiger partial charge < -0.3 is 10.4 Å². The Morgan fingerprint density at radius 3 is 2.53 bits per heavy atom. The quantitative estimate of drug-likeness (QED) is 0.756. The molecular weight excluding hydrogens is 242 g/mol. The van der Waals surface area contributed by atoms with E-state index in [0.717, 1.165) is 12.8 Å². The van der Waals surface area contributed by atoms with Crippen LogP contribution in [0.15, 0.2) is 30.3 Å². The second kappa shape index (κ2) is 8.29. The molecule has 1 atom stereocenters. The molecule has 19 heavy (non-hydrogen) atoms. The first kappa shape index (κ1) is 15.2. The van der Waals surface area contributed by atoms with Gasteiger partial charge in [-0.3, -0.25) is 9.59 Å². The van der Waals surface area contributed by atoms with Gasteiger partial charge in [0.05, 0.1) is 0 Å². The normalized spacial score (nSPS) is 11.8. The highest BCUT2D eigenvalue weighted by Gasteiger charge is 2.08. The Kier molecular flexibility index (Phi) is 6.64. The van der Waals surface area contributed by atoms with Crippen molar-refractivity contribution in [2.75, 3.05) is 0 Å². The second-order valence-electron chi connectivity index (χ2n) is 4.74. The third kappa shape index (κ3) is 7.24. The number of carboxylic acid groups (broad SMARTS) is 1. The zero-order chi connectivity index (χ0) is 14.1. The molecule has 4 nitrogen and oxygen atoms in total. The number of carboxylic acids is 1. The molecule has 1 aromatic carbocycles. The second-order valence-corrected chi connectivity index (χ2v) is 4.74. The van der Waals surface area contributed by atoms with Crippen LogP contribution in [0.1, 0.15) is 38.2 Å². The van der Waals surface area contributed by atoms with Crippen LogP contribution in [-0.2, 0) is 16.0 Å². The number of carbonyl (C=O) groups is 2. The lowest BCUT2D eigenvalue weighted by Crippen LogP contribution is -2.32. The molecule has 0 unspecified atom stereocenters. The third-order valence-corrected chi connectivity index (χ3v) is 2.91. The standard InChI is InChI=1S/C15H21NO3/c1-12(10-11-13-6-3-2-4-7-13)16-14(17)8-5-9-15(18)19/h2-4,6-7,12H,5,8-11H2,1H3,(H,16,17)(H,18,19)/t12-/m1/s1. The summed E-state index contributed by atoms with van der Waals surface area (Å²) in [5.41, 5.74) is 1.26. The van der Waals surface area contributed by atoms with Gasteiger partial charge in [0.2, 0.25) is 5.91 Å². The van der Waals surface area contributed by atoms with Crippen LogP contribution in [-0.4, -0.2) is 23.0 Å². The predicted octanol–water partition coefficient (Wildman–Crippen LogP) is 2.38. The molecule has 1 aromatic rings. The van der Waals surface area contributed by atoms with E-state index in [2.05, 4.69) is 17.4 Å². The zero-order valence-electron chi connectivity index (χ0n) is 11.3. The summed E-state index contributed by atoms with van der Waals surface area (Å²) in [5.74, 6) is -0.924. The van der Waals surface area contributed by atoms with E-state index in [-0.39, 0.29) is 24.8 Å². The molecule has 104 valence electrons. The Hall–Kier alpha value is -1.84. The highest BCUT2D eigenvalue weighted by Crippen LogP contribution is 2.05. The Bertz CT molecular complexity index is 403. The van der Waals surface area contributed by atoms with Gasteiger partial charge in [0.1, 0.15) is 0 Å². The molecule has 0 aliphatic carbocycles. The van der Waals surface area contributed by atoms with Gasteiger partial charge in [-0.05, 0) is 31.7 Å². The number of nitrogens with one attached hydrogen (secondary N) is 1. The maximum Gasteiger partial charge on any atom is 0.303 e. The fourth-order valence-electron chi connectivity index (χ4n) is 1.85. The Morgan fingerprint density at radius 2 is 1.89 bits per heavy atom. The van der Waals surface area contributed by atoms with Crippen LogP contribution >= 0.6 is 0 Å². The van der Waals surface area contributed by atoms with E-state index < -0.39 is 5.97 Å². The zero-order valence-corrected chi connectivity index (χ0v) is 11.3. The van der Waals surface area contributed by atoms with Crippen molar-refractivity contribution in [1.29, 1.82) is 0 Å². The molecule has 0 aliphatic heterocycles. The first-order chi connectivity index (χ1) is 9.08. The molecule has 1 amide bonds. The summed E-state index contributed by atoms with van der Waals surface area (Å²) >= 11 is 0. The molecule has 0 radical (unpaired) electrons. The number of benzene rings is 1. The lowest BCUT2D eigenvalue weighted by Gasteiger charge is -2.13. The van der Waals surface area contributed by atoms with Crippen LogP contribution in [0.25, 0.3) is 0 Å². The summed E-state index contributed by atoms with van der Waals surface area (Å²) in [6.07, 6.45) is 2.53. The maximum atomic E-state index is 11.5. The van der Waals surface area contributed by atoms with Crippen molar-refractivity contribution < 1.29 is 14.7 Å². The topological polar surface area (TPSA) is 66.4 Å². The molecular formula is C15H21NO3. The summed E-state index contributed by atoms with van der Waals surface area (Å²) in [6.45, 7) is 1.97. The molecule has 0 spiro atoms. The number of aliphatic carboxylic acids is 1. The van der Waals surface area contributed by atoms with Gasteiger partial charge in [0.25, 0.3) is 0 Å². The number of aryl methyl sites for hydroxylation is 1. The maximum absolute atomic E-state index is 11.5. The minimum atomic E-state index is -0.857. The highest BCUT2D eigenvalue weighted by atomic mass is 16.4. The molecule has 0 bridgehead atoms. The van der Waals surface area contributed by atoms with Gasteiger partial charge in [-0.1, -0.05) is 30.3 Å². The molecule has 0 saturated heterocycles. The van der Waals surface area contributed by atoms with Gasteiger partial charge in [-0.25, -0.2) is 0 Å². The molecule has 4 heteroatoms. The van der Waals surface area contributed by atoms with E-state index in [4.69, 9.17) is 5.11 Å². The summed E-state index contributed by atoms with van der Waals surface area (Å²) in [5, 5.41) is 11.4. The number of carbonyl (C=O) groups excluding carboxylic acids is 1. The average molecular weight is 263 g/mol. The molecule has 2 N–H and O–H groups in total. The first-order valence-corrected chi connectivity index (χ1v) is 6.63. The fourth-order valence-corrected chi connectivity index (χ4v) is 1.85. The van der Waals surface area contributed by atoms with E-state index in [9.17, 15) is 9.59 Å². The number of rotatable bonds is 8. The molecule has 0 aromatic heterocycles. The van der Waals surface area contributed by atoms with Gasteiger partial charge in [-0.2, -0.15) is 0 Å². The Balaban J connectivity index is 2.18. The van der Waals surface area contributed by atoms with E-state index in [0.29, 0.717) is 6.42 Å². The van der Waals surface area contributed by atoms with Gasteiger partial charge >= 0.3 is 5.97 Å². The Morgan fingerprint density at radius 1 is 1.21 bits per heavy atom. The number of hydrogen-bond acceptors (Lipinski definition) is 2. The predicted molar refractivity (Wildman–Crippen MR) is 73.9 cm³/mol. The minimum absolute atomic E-state index is 0.0474. The molecule has 0 heterocycles. The van der Waals surface area contributed by atoms with Crippen LogP contribution < -0.4 is 5.32 Å². The van der Waals surface area contributed by atoms with Crippen molar-refractivity contribution in [1.82, 2.24) is 5.32 Å². The number of hydrogen-bond donors (Lipinski definition) is 2. The van der Waals surface area contributed by atoms with Crippen LogP contribution in [0.5, 0.6) is 0 Å². The smallest absolute Gasteiger partial charge is 0.303 e. The summed E-state index contributed by atoms with van der Waals surface area (Å²) < 4.78 is 0. The minimum Gasteiger partial charge on any atom is -0.481 e. The number of amides is 1. The van der Waals surface area contributed by atoms with Crippen molar-refractivity contribution in [3.8, 4) is 0 Å². The summed E-state index contributed by atoms with van der Waals surface area (Å²) in [7, 11) is 0. The average Bonchev–Trinajstić information content (AvgIpc) is 2.37. The van der Waals surface area contributed by atoms with Crippen molar-refractivity contribution in [2.24, 2.45) is 0 Å². The van der Waals surface area contributed by atoms with E-state index in [1.54, 1.807) is 0 Å². The van der Waals surface area contributed by atoms with Crippen molar-refractivity contribution in [3.63, 3.8) is 0 Å². The van der Waals surface area contributed by atoms with Crippen LogP contribution in [0.2, 0.25) is 0 Å². The van der Waals surface area contributed by atoms with Crippen molar-refractivity contribution >= 4 is 11.9 Å². The van der Waals surface area contributed by atoms with Gasteiger partial charge in [0.15, 0.2) is 0 Å². The largest absolute Gasteiger partial charge is 0.481 e. The molecule has 0 fully saturated rings. The molecule has 0 aliphatic rings. The van der Waals surface area contributed by atoms with Crippen molar-refractivity contribution in [3.05, 3.63) is 35.9 Å².